The van der Waals surface area contributed by atoms with Crippen LogP contribution in [0.15, 0.2) is 30.9 Å². The normalized spacial score (nSPS) is 11.0. The van der Waals surface area contributed by atoms with E-state index in [1.807, 2.05) is 23.7 Å². The second-order valence-electron chi connectivity index (χ2n) is 3.35. The Labute approximate surface area is 85.8 Å². The van der Waals surface area contributed by atoms with Crippen molar-refractivity contribution in [3.05, 3.63) is 30.9 Å². The van der Waals surface area contributed by atoms with Crippen molar-refractivity contribution in [1.82, 2.24) is 24.5 Å². The van der Waals surface area contributed by atoms with Gasteiger partial charge in [0.25, 0.3) is 0 Å². The first-order chi connectivity index (χ1) is 7.34. The SMILES string of the molecule is Cn1cncc1-c1nc2ncccc2[nH]1. The molecule has 0 fully saturated rings. The minimum atomic E-state index is 0.730. The highest BCUT2D eigenvalue weighted by Gasteiger charge is 2.07. The Balaban J connectivity index is 2.24. The Morgan fingerprint density at radius 2 is 2.33 bits per heavy atom. The molecule has 0 spiro atoms. The van der Waals surface area contributed by atoms with Gasteiger partial charge in [0.2, 0.25) is 0 Å². The first-order valence-corrected chi connectivity index (χ1v) is 4.62. The van der Waals surface area contributed by atoms with Gasteiger partial charge in [-0.1, -0.05) is 0 Å². The molecule has 0 radical (unpaired) electrons. The molecule has 0 aliphatic carbocycles. The van der Waals surface area contributed by atoms with Crippen LogP contribution < -0.4 is 0 Å². The first kappa shape index (κ1) is 8.16. The van der Waals surface area contributed by atoms with Gasteiger partial charge in [0.15, 0.2) is 11.5 Å². The number of hydrogen-bond donors (Lipinski definition) is 1. The zero-order valence-corrected chi connectivity index (χ0v) is 8.18. The summed E-state index contributed by atoms with van der Waals surface area (Å²) in [6.45, 7) is 0. The number of aromatic amines is 1. The zero-order chi connectivity index (χ0) is 10.3. The number of nitrogens with zero attached hydrogens (tertiary/aromatic N) is 4. The summed E-state index contributed by atoms with van der Waals surface area (Å²) < 4.78 is 1.91. The van der Waals surface area contributed by atoms with E-state index in [0.29, 0.717) is 0 Å². The number of rotatable bonds is 1. The molecule has 3 aromatic heterocycles. The molecule has 15 heavy (non-hydrogen) atoms. The van der Waals surface area contributed by atoms with E-state index < -0.39 is 0 Å². The number of nitrogens with one attached hydrogen (secondary N) is 1. The lowest BCUT2D eigenvalue weighted by atomic mass is 10.4. The van der Waals surface area contributed by atoms with Crippen LogP contribution in [0.3, 0.4) is 0 Å². The second-order valence-corrected chi connectivity index (χ2v) is 3.35. The molecule has 0 unspecified atom stereocenters. The van der Waals surface area contributed by atoms with Gasteiger partial charge in [-0.25, -0.2) is 15.0 Å². The number of H-pyrrole nitrogens is 1. The molecule has 3 rings (SSSR count). The van der Waals surface area contributed by atoms with E-state index in [-0.39, 0.29) is 0 Å². The lowest BCUT2D eigenvalue weighted by Gasteiger charge is -1.95. The largest absolute Gasteiger partial charge is 0.335 e. The number of aromatic nitrogens is 5. The van der Waals surface area contributed by atoms with Gasteiger partial charge >= 0.3 is 0 Å². The highest BCUT2D eigenvalue weighted by Crippen LogP contribution is 2.17. The van der Waals surface area contributed by atoms with Crippen molar-refractivity contribution >= 4 is 11.2 Å². The molecule has 1 N–H and O–H groups in total. The molecule has 3 aromatic rings. The maximum absolute atomic E-state index is 4.39. The molecular formula is C10H9N5. The molecule has 3 heterocycles. The minimum Gasteiger partial charge on any atom is -0.335 e. The van der Waals surface area contributed by atoms with Gasteiger partial charge in [-0.2, -0.15) is 0 Å². The Morgan fingerprint density at radius 3 is 3.07 bits per heavy atom. The summed E-state index contributed by atoms with van der Waals surface area (Å²) in [6, 6.07) is 3.84. The van der Waals surface area contributed by atoms with E-state index in [2.05, 4.69) is 19.9 Å². The predicted octanol–water partition coefficient (Wildman–Crippen LogP) is 1.36. The number of pyridine rings is 1. The topological polar surface area (TPSA) is 59.4 Å². The average molecular weight is 199 g/mol. The highest BCUT2D eigenvalue weighted by molar-refractivity contribution is 5.74. The molecule has 74 valence electrons. The van der Waals surface area contributed by atoms with Crippen molar-refractivity contribution in [1.29, 1.82) is 0 Å². The molecule has 0 aromatic carbocycles. The van der Waals surface area contributed by atoms with Crippen molar-refractivity contribution in [2.75, 3.05) is 0 Å². The maximum Gasteiger partial charge on any atom is 0.178 e. The van der Waals surface area contributed by atoms with Gasteiger partial charge in [-0.15, -0.1) is 0 Å². The van der Waals surface area contributed by atoms with Crippen LogP contribution in [0.5, 0.6) is 0 Å². The Morgan fingerprint density at radius 1 is 1.40 bits per heavy atom. The Hall–Kier alpha value is -2.17. The van der Waals surface area contributed by atoms with Crippen molar-refractivity contribution in [2.24, 2.45) is 7.05 Å². The van der Waals surface area contributed by atoms with Crippen molar-refractivity contribution in [3.8, 4) is 11.5 Å². The van der Waals surface area contributed by atoms with Gasteiger partial charge in [0.1, 0.15) is 5.69 Å². The number of aryl methyl sites for hydroxylation is 1. The summed E-state index contributed by atoms with van der Waals surface area (Å²) in [6.07, 6.45) is 5.25. The summed E-state index contributed by atoms with van der Waals surface area (Å²) in [5.41, 5.74) is 2.62. The fourth-order valence-corrected chi connectivity index (χ4v) is 1.55. The lowest BCUT2D eigenvalue weighted by molar-refractivity contribution is 0.913. The standard InChI is InChI=1S/C10H9N5/c1-15-6-11-5-8(15)10-13-7-3-2-4-12-9(7)14-10/h2-6H,1H3,(H,12,13,14). The van der Waals surface area contributed by atoms with E-state index >= 15 is 0 Å². The third kappa shape index (κ3) is 1.20. The van der Waals surface area contributed by atoms with Gasteiger partial charge in [0, 0.05) is 13.2 Å². The van der Waals surface area contributed by atoms with Crippen LogP contribution in [0, 0.1) is 0 Å². The third-order valence-electron chi connectivity index (χ3n) is 2.32. The molecule has 0 aliphatic rings. The number of hydrogen-bond acceptors (Lipinski definition) is 3. The van der Waals surface area contributed by atoms with Crippen LogP contribution in [-0.4, -0.2) is 24.5 Å². The van der Waals surface area contributed by atoms with Crippen LogP contribution in [0.4, 0.5) is 0 Å². The lowest BCUT2D eigenvalue weighted by Crippen LogP contribution is -1.90. The van der Waals surface area contributed by atoms with Crippen LogP contribution in [-0.2, 0) is 7.05 Å². The molecule has 0 bridgehead atoms. The fourth-order valence-electron chi connectivity index (χ4n) is 1.55. The van der Waals surface area contributed by atoms with E-state index in [1.165, 1.54) is 0 Å². The fraction of sp³-hybridized carbons (Fsp3) is 0.100. The molecule has 0 atom stereocenters. The summed E-state index contributed by atoms with van der Waals surface area (Å²) in [5, 5.41) is 0. The van der Waals surface area contributed by atoms with Gasteiger partial charge in [0.05, 0.1) is 18.0 Å². The summed E-state index contributed by atoms with van der Waals surface area (Å²) in [4.78, 5) is 15.8. The first-order valence-electron chi connectivity index (χ1n) is 4.62. The third-order valence-corrected chi connectivity index (χ3v) is 2.32. The summed E-state index contributed by atoms with van der Waals surface area (Å²) >= 11 is 0. The molecule has 0 amide bonds. The van der Waals surface area contributed by atoms with E-state index in [0.717, 1.165) is 22.7 Å². The van der Waals surface area contributed by atoms with Crippen LogP contribution in [0.25, 0.3) is 22.7 Å². The molecule has 0 saturated heterocycles. The van der Waals surface area contributed by atoms with Crippen molar-refractivity contribution < 1.29 is 0 Å². The van der Waals surface area contributed by atoms with Crippen LogP contribution in [0.2, 0.25) is 0 Å². The summed E-state index contributed by atoms with van der Waals surface area (Å²) in [7, 11) is 1.93. The molecule has 0 saturated carbocycles. The van der Waals surface area contributed by atoms with E-state index in [9.17, 15) is 0 Å². The van der Waals surface area contributed by atoms with Crippen LogP contribution >= 0.6 is 0 Å². The smallest absolute Gasteiger partial charge is 0.178 e. The summed E-state index contributed by atoms with van der Waals surface area (Å²) in [5.74, 6) is 0.795. The quantitative estimate of drug-likeness (QED) is 0.643. The predicted molar refractivity (Wildman–Crippen MR) is 56.1 cm³/mol. The molecule has 0 aliphatic heterocycles. The Kier molecular flexibility index (Phi) is 1.58. The van der Waals surface area contributed by atoms with Crippen molar-refractivity contribution in [3.63, 3.8) is 0 Å². The van der Waals surface area contributed by atoms with Gasteiger partial charge in [-0.05, 0) is 12.1 Å². The minimum absolute atomic E-state index is 0.730. The molecule has 5 nitrogen and oxygen atoms in total. The Bertz CT molecular complexity index is 574. The molecule has 5 heteroatoms. The van der Waals surface area contributed by atoms with E-state index in [4.69, 9.17) is 0 Å². The number of imidazole rings is 2. The average Bonchev–Trinajstić information content (AvgIpc) is 2.82. The highest BCUT2D eigenvalue weighted by atomic mass is 15.1. The zero-order valence-electron chi connectivity index (χ0n) is 8.18. The van der Waals surface area contributed by atoms with Crippen molar-refractivity contribution in [2.45, 2.75) is 0 Å². The molecular weight excluding hydrogens is 190 g/mol. The second kappa shape index (κ2) is 2.91. The van der Waals surface area contributed by atoms with Gasteiger partial charge < -0.3 is 9.55 Å². The number of fused-ring (bicyclic) bond motifs is 1. The van der Waals surface area contributed by atoms with Gasteiger partial charge in [-0.3, -0.25) is 0 Å². The maximum atomic E-state index is 4.39. The monoisotopic (exact) mass is 199 g/mol. The van der Waals surface area contributed by atoms with E-state index in [1.54, 1.807) is 18.7 Å². The van der Waals surface area contributed by atoms with Crippen LogP contribution in [0.1, 0.15) is 0 Å².